The molecule has 1 aliphatic carbocycles. The Morgan fingerprint density at radius 2 is 1.79 bits per heavy atom. The number of rotatable bonds is 1. The molecule has 2 fully saturated rings. The molecule has 0 bridgehead atoms. The van der Waals surface area contributed by atoms with Crippen molar-refractivity contribution in [2.24, 2.45) is 11.7 Å². The van der Waals surface area contributed by atoms with E-state index in [-0.39, 0.29) is 6.09 Å². The van der Waals surface area contributed by atoms with Crippen molar-refractivity contribution in [3.8, 4) is 0 Å². The maximum Gasteiger partial charge on any atom is 0.410 e. The lowest BCUT2D eigenvalue weighted by Gasteiger charge is -2.36. The molecule has 1 saturated heterocycles. The number of ether oxygens (including phenoxy) is 1. The molecular formula is C15H28N2O2. The molecule has 2 N–H and O–H groups in total. The van der Waals surface area contributed by atoms with E-state index in [1.54, 1.807) is 0 Å². The molecule has 0 aromatic rings. The van der Waals surface area contributed by atoms with E-state index >= 15 is 0 Å². The molecule has 19 heavy (non-hydrogen) atoms. The van der Waals surface area contributed by atoms with Gasteiger partial charge in [-0.1, -0.05) is 0 Å². The molecule has 1 amide bonds. The van der Waals surface area contributed by atoms with Gasteiger partial charge in [-0.2, -0.15) is 0 Å². The van der Waals surface area contributed by atoms with Crippen molar-refractivity contribution < 1.29 is 9.53 Å². The summed E-state index contributed by atoms with van der Waals surface area (Å²) in [6.07, 6.45) is 6.61. The van der Waals surface area contributed by atoms with E-state index in [4.69, 9.17) is 10.5 Å². The first-order valence-electron chi connectivity index (χ1n) is 7.62. The van der Waals surface area contributed by atoms with Gasteiger partial charge in [0.2, 0.25) is 0 Å². The van der Waals surface area contributed by atoms with E-state index in [9.17, 15) is 4.79 Å². The van der Waals surface area contributed by atoms with Crippen molar-refractivity contribution in [1.29, 1.82) is 0 Å². The van der Waals surface area contributed by atoms with Crippen LogP contribution in [-0.4, -0.2) is 35.2 Å². The molecule has 4 nitrogen and oxygen atoms in total. The van der Waals surface area contributed by atoms with Crippen LogP contribution in [-0.2, 0) is 4.74 Å². The molecule has 1 atom stereocenters. The van der Waals surface area contributed by atoms with Crippen molar-refractivity contribution in [2.45, 2.75) is 77.0 Å². The van der Waals surface area contributed by atoms with Crippen LogP contribution in [0.25, 0.3) is 0 Å². The second-order valence-electron chi connectivity index (χ2n) is 7.06. The van der Waals surface area contributed by atoms with Gasteiger partial charge in [-0.3, -0.25) is 0 Å². The smallest absolute Gasteiger partial charge is 0.410 e. The monoisotopic (exact) mass is 268 g/mol. The third kappa shape index (κ3) is 3.85. The minimum atomic E-state index is -0.404. The fourth-order valence-electron chi connectivity index (χ4n) is 3.36. The Kier molecular flexibility index (Phi) is 4.39. The Balaban J connectivity index is 1.95. The lowest BCUT2D eigenvalue weighted by molar-refractivity contribution is 0.0154. The van der Waals surface area contributed by atoms with E-state index < -0.39 is 5.60 Å². The Morgan fingerprint density at radius 3 is 2.37 bits per heavy atom. The predicted octanol–water partition coefficient (Wildman–Crippen LogP) is 2.90. The number of carbonyl (C=O) groups is 1. The summed E-state index contributed by atoms with van der Waals surface area (Å²) in [4.78, 5) is 14.2. The van der Waals surface area contributed by atoms with Crippen LogP contribution in [0.1, 0.15) is 59.3 Å². The Hall–Kier alpha value is -0.770. The average molecular weight is 268 g/mol. The molecule has 1 heterocycles. The largest absolute Gasteiger partial charge is 0.444 e. The van der Waals surface area contributed by atoms with Crippen LogP contribution in [0, 0.1) is 5.92 Å². The summed E-state index contributed by atoms with van der Waals surface area (Å²) < 4.78 is 5.53. The maximum atomic E-state index is 12.3. The first kappa shape index (κ1) is 14.6. The van der Waals surface area contributed by atoms with Gasteiger partial charge in [-0.15, -0.1) is 0 Å². The zero-order valence-electron chi connectivity index (χ0n) is 12.5. The minimum Gasteiger partial charge on any atom is -0.444 e. The summed E-state index contributed by atoms with van der Waals surface area (Å²) in [6.45, 7) is 6.63. The van der Waals surface area contributed by atoms with Gasteiger partial charge in [-0.25, -0.2) is 4.79 Å². The number of hydrogen-bond acceptors (Lipinski definition) is 3. The standard InChI is InChI=1S/C15H28N2O2/c1-15(2,3)19-14(18)17-10-4-5-13(17)11-6-8-12(16)9-7-11/h11-13H,4-10,16H2,1-3H3. The molecule has 0 spiro atoms. The van der Waals surface area contributed by atoms with Crippen molar-refractivity contribution in [3.05, 3.63) is 0 Å². The number of nitrogens with zero attached hydrogens (tertiary/aromatic N) is 1. The van der Waals surface area contributed by atoms with Crippen molar-refractivity contribution in [2.75, 3.05) is 6.54 Å². The highest BCUT2D eigenvalue weighted by molar-refractivity contribution is 5.69. The van der Waals surface area contributed by atoms with E-state index in [0.717, 1.165) is 45.1 Å². The lowest BCUT2D eigenvalue weighted by Crippen LogP contribution is -2.44. The van der Waals surface area contributed by atoms with Crippen LogP contribution in [0.2, 0.25) is 0 Å². The summed E-state index contributed by atoms with van der Waals surface area (Å²) in [5, 5.41) is 0. The molecule has 0 aromatic carbocycles. The number of hydrogen-bond donors (Lipinski definition) is 1. The second kappa shape index (κ2) is 5.70. The Morgan fingerprint density at radius 1 is 1.16 bits per heavy atom. The second-order valence-corrected chi connectivity index (χ2v) is 7.06. The van der Waals surface area contributed by atoms with Crippen molar-refractivity contribution in [3.63, 3.8) is 0 Å². The third-order valence-corrected chi connectivity index (χ3v) is 4.29. The molecule has 2 aliphatic rings. The van der Waals surface area contributed by atoms with Crippen LogP contribution < -0.4 is 5.73 Å². The molecule has 0 radical (unpaired) electrons. The highest BCUT2D eigenvalue weighted by atomic mass is 16.6. The summed E-state index contributed by atoms with van der Waals surface area (Å²) in [6, 6.07) is 0.745. The molecular weight excluding hydrogens is 240 g/mol. The molecule has 1 unspecified atom stereocenters. The van der Waals surface area contributed by atoms with Crippen LogP contribution in [0.3, 0.4) is 0 Å². The number of nitrogens with two attached hydrogens (primary N) is 1. The highest BCUT2D eigenvalue weighted by Gasteiger charge is 2.37. The third-order valence-electron chi connectivity index (χ3n) is 4.29. The fraction of sp³-hybridized carbons (Fsp3) is 0.933. The normalized spacial score (nSPS) is 32.4. The average Bonchev–Trinajstić information content (AvgIpc) is 2.76. The van der Waals surface area contributed by atoms with Crippen LogP contribution in [0.4, 0.5) is 4.79 Å². The quantitative estimate of drug-likeness (QED) is 0.795. The highest BCUT2D eigenvalue weighted by Crippen LogP contribution is 2.34. The van der Waals surface area contributed by atoms with Crippen molar-refractivity contribution in [1.82, 2.24) is 4.90 Å². The predicted molar refractivity (Wildman–Crippen MR) is 75.9 cm³/mol. The Labute approximate surface area is 116 Å². The number of carbonyl (C=O) groups excluding carboxylic acids is 1. The zero-order valence-corrected chi connectivity index (χ0v) is 12.5. The first-order chi connectivity index (χ1) is 8.87. The topological polar surface area (TPSA) is 55.6 Å². The lowest BCUT2D eigenvalue weighted by atomic mass is 9.81. The molecule has 1 aliphatic heterocycles. The summed E-state index contributed by atoms with van der Waals surface area (Å²) in [5.41, 5.74) is 5.56. The first-order valence-corrected chi connectivity index (χ1v) is 7.62. The van der Waals surface area contributed by atoms with Gasteiger partial charge in [-0.05, 0) is 65.2 Å². The van der Waals surface area contributed by atoms with Gasteiger partial charge in [0.05, 0.1) is 0 Å². The fourth-order valence-corrected chi connectivity index (χ4v) is 3.36. The van der Waals surface area contributed by atoms with Gasteiger partial charge >= 0.3 is 6.09 Å². The van der Waals surface area contributed by atoms with E-state index in [1.165, 1.54) is 0 Å². The van der Waals surface area contributed by atoms with Crippen LogP contribution >= 0.6 is 0 Å². The number of likely N-dealkylation sites (tertiary alicyclic amines) is 1. The molecule has 1 saturated carbocycles. The van der Waals surface area contributed by atoms with Gasteiger partial charge in [0.25, 0.3) is 0 Å². The summed E-state index contributed by atoms with van der Waals surface area (Å²) in [5.74, 6) is 0.620. The van der Waals surface area contributed by atoms with Gasteiger partial charge in [0.15, 0.2) is 0 Å². The number of amides is 1. The molecule has 4 heteroatoms. The van der Waals surface area contributed by atoms with Crippen LogP contribution in [0.5, 0.6) is 0 Å². The van der Waals surface area contributed by atoms with Crippen LogP contribution in [0.15, 0.2) is 0 Å². The summed E-state index contributed by atoms with van der Waals surface area (Å²) >= 11 is 0. The Bertz CT molecular complexity index is 317. The van der Waals surface area contributed by atoms with E-state index in [1.807, 2.05) is 25.7 Å². The summed E-state index contributed by atoms with van der Waals surface area (Å²) in [7, 11) is 0. The minimum absolute atomic E-state index is 0.134. The van der Waals surface area contributed by atoms with Gasteiger partial charge in [0.1, 0.15) is 5.60 Å². The molecule has 0 aromatic heterocycles. The van der Waals surface area contributed by atoms with Gasteiger partial charge in [0, 0.05) is 18.6 Å². The molecule has 2 rings (SSSR count). The molecule has 110 valence electrons. The van der Waals surface area contributed by atoms with E-state index in [0.29, 0.717) is 18.0 Å². The van der Waals surface area contributed by atoms with Gasteiger partial charge < -0.3 is 15.4 Å². The SMILES string of the molecule is CC(C)(C)OC(=O)N1CCCC1C1CCC(N)CC1. The van der Waals surface area contributed by atoms with Crippen molar-refractivity contribution >= 4 is 6.09 Å². The maximum absolute atomic E-state index is 12.3. The zero-order chi connectivity index (χ0) is 14.0. The van der Waals surface area contributed by atoms with E-state index in [2.05, 4.69) is 0 Å².